The number of rotatable bonds is 4. The molecule has 121 valence electrons. The van der Waals surface area contributed by atoms with Crippen LogP contribution in [0.3, 0.4) is 0 Å². The van der Waals surface area contributed by atoms with Gasteiger partial charge in [0.1, 0.15) is 5.82 Å². The van der Waals surface area contributed by atoms with Crippen molar-refractivity contribution < 1.29 is 4.39 Å². The van der Waals surface area contributed by atoms with Gasteiger partial charge in [-0.1, -0.05) is 30.9 Å². The fraction of sp³-hybridized carbons (Fsp3) is 0.611. The predicted molar refractivity (Wildman–Crippen MR) is 90.8 cm³/mol. The molecule has 1 aliphatic heterocycles. The SMILES string of the molecule is Fc1ccc(NC2(CN3CCCCC3)C[CH]CCC2)cc1Cl. The van der Waals surface area contributed by atoms with Gasteiger partial charge < -0.3 is 10.2 Å². The zero-order valence-corrected chi connectivity index (χ0v) is 13.8. The molecule has 22 heavy (non-hydrogen) atoms. The van der Waals surface area contributed by atoms with Crippen molar-refractivity contribution in [3.8, 4) is 0 Å². The average Bonchev–Trinajstić information content (AvgIpc) is 2.53. The van der Waals surface area contributed by atoms with Crippen LogP contribution < -0.4 is 5.32 Å². The molecule has 1 saturated carbocycles. The summed E-state index contributed by atoms with van der Waals surface area (Å²) in [7, 11) is 0. The second kappa shape index (κ2) is 7.18. The molecule has 1 atom stereocenters. The highest BCUT2D eigenvalue weighted by atomic mass is 35.5. The Bertz CT molecular complexity index is 494. The summed E-state index contributed by atoms with van der Waals surface area (Å²) >= 11 is 5.94. The molecule has 1 aromatic rings. The van der Waals surface area contributed by atoms with Crippen LogP contribution in [-0.2, 0) is 0 Å². The molecular formula is C18H25ClFN2. The molecule has 0 aromatic heterocycles. The first-order valence-corrected chi connectivity index (χ1v) is 8.82. The summed E-state index contributed by atoms with van der Waals surface area (Å²) in [4.78, 5) is 2.58. The van der Waals surface area contributed by atoms with Gasteiger partial charge in [-0.2, -0.15) is 0 Å². The first kappa shape index (κ1) is 16.1. The van der Waals surface area contributed by atoms with Gasteiger partial charge in [0, 0.05) is 12.2 Å². The summed E-state index contributed by atoms with van der Waals surface area (Å²) < 4.78 is 13.4. The third-order valence-corrected chi connectivity index (χ3v) is 5.19. The third-order valence-electron chi connectivity index (χ3n) is 4.90. The van der Waals surface area contributed by atoms with Crippen molar-refractivity contribution in [1.29, 1.82) is 0 Å². The van der Waals surface area contributed by atoms with Gasteiger partial charge in [-0.25, -0.2) is 4.39 Å². The summed E-state index contributed by atoms with van der Waals surface area (Å²) in [5, 5.41) is 3.88. The normalized spacial score (nSPS) is 22.5. The largest absolute Gasteiger partial charge is 0.378 e. The van der Waals surface area contributed by atoms with E-state index in [0.717, 1.165) is 25.1 Å². The number of likely N-dealkylation sites (tertiary alicyclic amines) is 1. The van der Waals surface area contributed by atoms with E-state index < -0.39 is 0 Å². The molecule has 1 unspecified atom stereocenters. The summed E-state index contributed by atoms with van der Waals surface area (Å²) in [6.45, 7) is 3.47. The van der Waals surface area contributed by atoms with Crippen molar-refractivity contribution in [2.24, 2.45) is 0 Å². The Kier molecular flexibility index (Phi) is 5.25. The fourth-order valence-corrected chi connectivity index (χ4v) is 3.97. The van der Waals surface area contributed by atoms with Crippen LogP contribution in [0.15, 0.2) is 18.2 Å². The molecule has 0 bridgehead atoms. The highest BCUT2D eigenvalue weighted by Crippen LogP contribution is 2.33. The number of hydrogen-bond donors (Lipinski definition) is 1. The van der Waals surface area contributed by atoms with Crippen LogP contribution in [0, 0.1) is 12.2 Å². The van der Waals surface area contributed by atoms with E-state index in [2.05, 4.69) is 16.6 Å². The van der Waals surface area contributed by atoms with Gasteiger partial charge in [0.05, 0.1) is 10.6 Å². The Hall–Kier alpha value is -0.800. The van der Waals surface area contributed by atoms with E-state index in [1.54, 1.807) is 12.1 Å². The highest BCUT2D eigenvalue weighted by Gasteiger charge is 2.34. The van der Waals surface area contributed by atoms with Gasteiger partial charge in [-0.15, -0.1) is 0 Å². The van der Waals surface area contributed by atoms with Crippen LogP contribution >= 0.6 is 11.6 Å². The summed E-state index contributed by atoms with van der Waals surface area (Å²) in [5.74, 6) is -0.354. The van der Waals surface area contributed by atoms with E-state index in [9.17, 15) is 4.39 Å². The van der Waals surface area contributed by atoms with Crippen LogP contribution in [0.25, 0.3) is 0 Å². The van der Waals surface area contributed by atoms with Crippen molar-refractivity contribution in [2.75, 3.05) is 25.0 Å². The first-order valence-electron chi connectivity index (χ1n) is 8.44. The fourth-order valence-electron chi connectivity index (χ4n) is 3.79. The standard InChI is InChI=1S/C18H25ClFN2/c19-16-13-15(7-8-17(16)20)21-18(9-3-1-4-10-18)14-22-11-5-2-6-12-22/h3,7-8,13,21H,1-2,4-6,9-12,14H2. The summed E-state index contributed by atoms with van der Waals surface area (Å²) in [6, 6.07) is 4.96. The Morgan fingerprint density at radius 1 is 1.18 bits per heavy atom. The zero-order valence-electron chi connectivity index (χ0n) is 13.1. The van der Waals surface area contributed by atoms with Crippen LogP contribution in [0.5, 0.6) is 0 Å². The monoisotopic (exact) mass is 323 g/mol. The van der Waals surface area contributed by atoms with Crippen molar-refractivity contribution >= 4 is 17.3 Å². The Labute approximate surface area is 138 Å². The van der Waals surface area contributed by atoms with Crippen LogP contribution in [0.1, 0.15) is 44.9 Å². The molecule has 1 heterocycles. The second-order valence-electron chi connectivity index (χ2n) is 6.76. The van der Waals surface area contributed by atoms with Crippen LogP contribution in [0.4, 0.5) is 10.1 Å². The molecular weight excluding hydrogens is 299 g/mol. The molecule has 1 aliphatic carbocycles. The minimum atomic E-state index is -0.354. The quantitative estimate of drug-likeness (QED) is 0.848. The van der Waals surface area contributed by atoms with E-state index in [1.165, 1.54) is 51.3 Å². The predicted octanol–water partition coefficient (Wildman–Crippen LogP) is 4.89. The molecule has 2 fully saturated rings. The van der Waals surface area contributed by atoms with Gasteiger partial charge in [0.2, 0.25) is 0 Å². The molecule has 4 heteroatoms. The lowest BCUT2D eigenvalue weighted by Crippen LogP contribution is -2.51. The van der Waals surface area contributed by atoms with Crippen molar-refractivity contribution in [3.05, 3.63) is 35.5 Å². The number of hydrogen-bond acceptors (Lipinski definition) is 2. The first-order chi connectivity index (χ1) is 10.7. The Balaban J connectivity index is 1.74. The van der Waals surface area contributed by atoms with E-state index in [0.29, 0.717) is 0 Å². The van der Waals surface area contributed by atoms with Crippen LogP contribution in [-0.4, -0.2) is 30.1 Å². The highest BCUT2D eigenvalue weighted by molar-refractivity contribution is 6.31. The lowest BCUT2D eigenvalue weighted by Gasteiger charge is -2.43. The molecule has 1 radical (unpaired) electrons. The minimum Gasteiger partial charge on any atom is -0.378 e. The topological polar surface area (TPSA) is 15.3 Å². The van der Waals surface area contributed by atoms with Crippen molar-refractivity contribution in [2.45, 2.75) is 50.5 Å². The number of nitrogens with one attached hydrogen (secondary N) is 1. The molecule has 3 rings (SSSR count). The maximum atomic E-state index is 13.4. The number of nitrogens with zero attached hydrogens (tertiary/aromatic N) is 1. The Morgan fingerprint density at radius 3 is 2.68 bits per heavy atom. The summed E-state index contributed by atoms with van der Waals surface area (Å²) in [5.41, 5.74) is 0.996. The molecule has 1 aromatic carbocycles. The maximum Gasteiger partial charge on any atom is 0.141 e. The van der Waals surface area contributed by atoms with Crippen molar-refractivity contribution in [3.63, 3.8) is 0 Å². The number of halogens is 2. The molecule has 1 saturated heterocycles. The maximum absolute atomic E-state index is 13.4. The number of piperidine rings is 1. The van der Waals surface area contributed by atoms with Gasteiger partial charge in [0.25, 0.3) is 0 Å². The molecule has 2 nitrogen and oxygen atoms in total. The smallest absolute Gasteiger partial charge is 0.141 e. The van der Waals surface area contributed by atoms with E-state index in [4.69, 9.17) is 11.6 Å². The number of anilines is 1. The van der Waals surface area contributed by atoms with Crippen molar-refractivity contribution in [1.82, 2.24) is 4.90 Å². The number of benzene rings is 1. The second-order valence-corrected chi connectivity index (χ2v) is 7.16. The van der Waals surface area contributed by atoms with Gasteiger partial charge >= 0.3 is 0 Å². The Morgan fingerprint density at radius 2 is 2.00 bits per heavy atom. The van der Waals surface area contributed by atoms with Crippen LogP contribution in [0.2, 0.25) is 5.02 Å². The lowest BCUT2D eigenvalue weighted by molar-refractivity contribution is 0.172. The average molecular weight is 324 g/mol. The van der Waals surface area contributed by atoms with E-state index in [1.807, 2.05) is 0 Å². The lowest BCUT2D eigenvalue weighted by atomic mass is 9.80. The molecule has 2 aliphatic rings. The molecule has 1 N–H and O–H groups in total. The van der Waals surface area contributed by atoms with Gasteiger partial charge in [-0.05, 0) is 63.4 Å². The van der Waals surface area contributed by atoms with Gasteiger partial charge in [0.15, 0.2) is 0 Å². The van der Waals surface area contributed by atoms with E-state index in [-0.39, 0.29) is 16.4 Å². The molecule has 0 spiro atoms. The third kappa shape index (κ3) is 3.94. The van der Waals surface area contributed by atoms with Gasteiger partial charge in [-0.3, -0.25) is 0 Å². The zero-order chi connectivity index (χ0) is 15.4. The van der Waals surface area contributed by atoms with E-state index >= 15 is 0 Å². The summed E-state index contributed by atoms with van der Waals surface area (Å²) in [6.07, 6.45) is 11.0. The molecule has 0 amide bonds. The minimum absolute atomic E-state index is 0.0662.